The van der Waals surface area contributed by atoms with Gasteiger partial charge >= 0.3 is 0 Å². The zero-order chi connectivity index (χ0) is 13.4. The Balaban J connectivity index is 1.84. The van der Waals surface area contributed by atoms with E-state index in [-0.39, 0.29) is 18.4 Å². The number of likely N-dealkylation sites (tertiary alicyclic amines) is 1. The summed E-state index contributed by atoms with van der Waals surface area (Å²) in [6.07, 6.45) is 0.289. The first-order valence-corrected chi connectivity index (χ1v) is 6.19. The van der Waals surface area contributed by atoms with Crippen molar-refractivity contribution >= 4 is 11.8 Å². The first-order chi connectivity index (χ1) is 9.19. The molecule has 19 heavy (non-hydrogen) atoms. The topological polar surface area (TPSA) is 70.4 Å². The predicted octanol–water partition coefficient (Wildman–Crippen LogP) is 0.975. The Bertz CT molecular complexity index is 569. The standard InChI is InChI=1S/C14H12N2O3/c15-7-9-2-1-3-10(6-9)8-16-13(17)11-4-5-12(19-11)14(16)18/h1-3,6,11-12H,4-5,8H2. The molecule has 2 fully saturated rings. The third-order valence-electron chi connectivity index (χ3n) is 3.50. The van der Waals surface area contributed by atoms with Gasteiger partial charge in [-0.2, -0.15) is 5.26 Å². The van der Waals surface area contributed by atoms with Crippen LogP contribution in [0.5, 0.6) is 0 Å². The lowest BCUT2D eigenvalue weighted by Crippen LogP contribution is -2.51. The zero-order valence-electron chi connectivity index (χ0n) is 10.2. The van der Waals surface area contributed by atoms with E-state index in [9.17, 15) is 9.59 Å². The van der Waals surface area contributed by atoms with E-state index in [0.717, 1.165) is 5.56 Å². The Labute approximate surface area is 110 Å². The number of ether oxygens (including phenoxy) is 1. The Hall–Kier alpha value is -2.19. The van der Waals surface area contributed by atoms with Crippen LogP contribution in [0.25, 0.3) is 0 Å². The molecule has 2 bridgehead atoms. The molecule has 2 atom stereocenters. The van der Waals surface area contributed by atoms with Crippen LogP contribution in [0.4, 0.5) is 0 Å². The van der Waals surface area contributed by atoms with Crippen molar-refractivity contribution in [3.05, 3.63) is 35.4 Å². The van der Waals surface area contributed by atoms with Gasteiger partial charge in [0.1, 0.15) is 12.2 Å². The van der Waals surface area contributed by atoms with Crippen molar-refractivity contribution in [2.75, 3.05) is 0 Å². The third-order valence-corrected chi connectivity index (χ3v) is 3.50. The van der Waals surface area contributed by atoms with Gasteiger partial charge < -0.3 is 4.74 Å². The van der Waals surface area contributed by atoms with Crippen molar-refractivity contribution in [1.29, 1.82) is 5.26 Å². The fourth-order valence-corrected chi connectivity index (χ4v) is 2.53. The minimum absolute atomic E-state index is 0.212. The highest BCUT2D eigenvalue weighted by atomic mass is 16.5. The van der Waals surface area contributed by atoms with Gasteiger partial charge in [-0.05, 0) is 30.5 Å². The van der Waals surface area contributed by atoms with Gasteiger partial charge in [-0.1, -0.05) is 12.1 Å². The number of morpholine rings is 1. The minimum atomic E-state index is -0.471. The monoisotopic (exact) mass is 256 g/mol. The van der Waals surface area contributed by atoms with Crippen LogP contribution in [0.15, 0.2) is 24.3 Å². The molecule has 2 unspecified atom stereocenters. The van der Waals surface area contributed by atoms with Crippen molar-refractivity contribution < 1.29 is 14.3 Å². The van der Waals surface area contributed by atoms with E-state index >= 15 is 0 Å². The Morgan fingerprint density at radius 1 is 1.26 bits per heavy atom. The zero-order valence-corrected chi connectivity index (χ0v) is 10.2. The summed E-state index contributed by atoms with van der Waals surface area (Å²) < 4.78 is 5.34. The van der Waals surface area contributed by atoms with Crippen molar-refractivity contribution in [3.63, 3.8) is 0 Å². The molecule has 1 aromatic carbocycles. The van der Waals surface area contributed by atoms with Gasteiger partial charge in [0.15, 0.2) is 0 Å². The lowest BCUT2D eigenvalue weighted by molar-refractivity contribution is -0.169. The Kier molecular flexibility index (Phi) is 2.80. The van der Waals surface area contributed by atoms with Gasteiger partial charge in [0, 0.05) is 0 Å². The van der Waals surface area contributed by atoms with Crippen LogP contribution >= 0.6 is 0 Å². The molecule has 0 aliphatic carbocycles. The van der Waals surface area contributed by atoms with Crippen LogP contribution in [0.1, 0.15) is 24.0 Å². The number of nitrogens with zero attached hydrogens (tertiary/aromatic N) is 2. The van der Waals surface area contributed by atoms with Crippen molar-refractivity contribution in [2.45, 2.75) is 31.6 Å². The maximum absolute atomic E-state index is 12.1. The van der Waals surface area contributed by atoms with Gasteiger partial charge in [0.25, 0.3) is 11.8 Å². The number of hydrogen-bond donors (Lipinski definition) is 0. The molecule has 0 aromatic heterocycles. The highest BCUT2D eigenvalue weighted by Crippen LogP contribution is 2.29. The van der Waals surface area contributed by atoms with Crippen molar-refractivity contribution in [1.82, 2.24) is 4.90 Å². The molecule has 0 spiro atoms. The maximum atomic E-state index is 12.1. The summed E-state index contributed by atoms with van der Waals surface area (Å²) in [6, 6.07) is 8.98. The van der Waals surface area contributed by atoms with Crippen LogP contribution in [0.2, 0.25) is 0 Å². The number of fused-ring (bicyclic) bond motifs is 2. The van der Waals surface area contributed by atoms with Gasteiger partial charge in [-0.15, -0.1) is 0 Å². The lowest BCUT2D eigenvalue weighted by Gasteiger charge is -2.29. The lowest BCUT2D eigenvalue weighted by atomic mass is 10.1. The predicted molar refractivity (Wildman–Crippen MR) is 64.6 cm³/mol. The molecular formula is C14H12N2O3. The third kappa shape index (κ3) is 2.00. The molecule has 3 rings (SSSR count). The van der Waals surface area contributed by atoms with Gasteiger partial charge in [-0.25, -0.2) is 0 Å². The van der Waals surface area contributed by atoms with E-state index in [1.807, 2.05) is 6.07 Å². The van der Waals surface area contributed by atoms with Gasteiger partial charge in [0.2, 0.25) is 0 Å². The molecule has 5 nitrogen and oxygen atoms in total. The molecular weight excluding hydrogens is 244 g/mol. The fourth-order valence-electron chi connectivity index (χ4n) is 2.53. The highest BCUT2D eigenvalue weighted by Gasteiger charge is 2.46. The molecule has 96 valence electrons. The van der Waals surface area contributed by atoms with E-state index in [2.05, 4.69) is 0 Å². The smallest absolute Gasteiger partial charge is 0.258 e. The van der Waals surface area contributed by atoms with Gasteiger partial charge in [-0.3, -0.25) is 14.5 Å². The van der Waals surface area contributed by atoms with E-state index in [1.165, 1.54) is 4.90 Å². The van der Waals surface area contributed by atoms with Crippen LogP contribution in [0, 0.1) is 11.3 Å². The fraction of sp³-hybridized carbons (Fsp3) is 0.357. The summed E-state index contributed by atoms with van der Waals surface area (Å²) in [7, 11) is 0. The average molecular weight is 256 g/mol. The molecule has 2 aliphatic heterocycles. The van der Waals surface area contributed by atoms with Crippen LogP contribution in [-0.4, -0.2) is 28.9 Å². The number of amides is 2. The summed E-state index contributed by atoms with van der Waals surface area (Å²) >= 11 is 0. The van der Waals surface area contributed by atoms with E-state index < -0.39 is 12.2 Å². The number of benzene rings is 1. The molecule has 0 saturated carbocycles. The molecule has 5 heteroatoms. The second-order valence-electron chi connectivity index (χ2n) is 4.77. The van der Waals surface area contributed by atoms with Crippen LogP contribution < -0.4 is 0 Å². The second-order valence-corrected chi connectivity index (χ2v) is 4.77. The number of hydrogen-bond acceptors (Lipinski definition) is 4. The van der Waals surface area contributed by atoms with E-state index in [4.69, 9.17) is 10.00 Å². The van der Waals surface area contributed by atoms with Crippen molar-refractivity contribution in [3.8, 4) is 6.07 Å². The Morgan fingerprint density at radius 2 is 1.95 bits per heavy atom. The quantitative estimate of drug-likeness (QED) is 0.739. The SMILES string of the molecule is N#Cc1cccc(CN2C(=O)C3CCC(O3)C2=O)c1. The summed E-state index contributed by atoms with van der Waals surface area (Å²) in [5, 5.41) is 8.85. The summed E-state index contributed by atoms with van der Waals surface area (Å²) in [6.45, 7) is 0.212. The first-order valence-electron chi connectivity index (χ1n) is 6.19. The second kappa shape index (κ2) is 4.48. The molecule has 0 radical (unpaired) electrons. The molecule has 2 aliphatic rings. The maximum Gasteiger partial charge on any atom is 0.258 e. The van der Waals surface area contributed by atoms with E-state index in [0.29, 0.717) is 18.4 Å². The normalized spacial score (nSPS) is 25.5. The van der Waals surface area contributed by atoms with Crippen LogP contribution in [0.3, 0.4) is 0 Å². The molecule has 1 aromatic rings. The highest BCUT2D eigenvalue weighted by molar-refractivity contribution is 6.02. The number of rotatable bonds is 2. The van der Waals surface area contributed by atoms with Gasteiger partial charge in [0.05, 0.1) is 18.2 Å². The average Bonchev–Trinajstić information content (AvgIpc) is 2.89. The molecule has 2 saturated heterocycles. The Morgan fingerprint density at radius 3 is 2.58 bits per heavy atom. The summed E-state index contributed by atoms with van der Waals surface area (Å²) in [5.41, 5.74) is 1.30. The molecule has 2 heterocycles. The number of carbonyl (C=O) groups excluding carboxylic acids is 2. The first kappa shape index (κ1) is 11.9. The molecule has 0 N–H and O–H groups in total. The number of nitriles is 1. The minimum Gasteiger partial charge on any atom is -0.355 e. The number of imide groups is 1. The summed E-state index contributed by atoms with van der Waals surface area (Å²) in [5.74, 6) is -0.526. The van der Waals surface area contributed by atoms with Crippen molar-refractivity contribution in [2.24, 2.45) is 0 Å². The number of carbonyl (C=O) groups is 2. The largest absolute Gasteiger partial charge is 0.355 e. The molecule has 2 amide bonds. The van der Waals surface area contributed by atoms with E-state index in [1.54, 1.807) is 24.3 Å². The van der Waals surface area contributed by atoms with Crippen LogP contribution in [-0.2, 0) is 20.9 Å². The summed E-state index contributed by atoms with van der Waals surface area (Å²) in [4.78, 5) is 25.4.